The molecule has 0 N–H and O–H groups in total. The molecule has 0 saturated heterocycles. The van der Waals surface area contributed by atoms with E-state index in [1.54, 1.807) is 0 Å². The highest BCUT2D eigenvalue weighted by atomic mass is 28.4. The number of benzene rings is 2. The van der Waals surface area contributed by atoms with Gasteiger partial charge in [-0.15, -0.1) is 0 Å². The van der Waals surface area contributed by atoms with Crippen LogP contribution >= 0.6 is 0 Å². The smallest absolute Gasteiger partial charge is 0.210 e. The maximum atomic E-state index is 13.7. The summed E-state index contributed by atoms with van der Waals surface area (Å²) in [7, 11) is -4.18. The molecule has 0 radical (unpaired) electrons. The third kappa shape index (κ3) is 12.5. The zero-order valence-electron chi connectivity index (χ0n) is 31.1. The molecule has 0 spiro atoms. The van der Waals surface area contributed by atoms with Gasteiger partial charge in [0.05, 0.1) is 43.4 Å². The first-order valence-electron chi connectivity index (χ1n) is 16.8. The van der Waals surface area contributed by atoms with Crippen LogP contribution in [0.2, 0.25) is 36.3 Å². The molecule has 3 atom stereocenters. The Balaban J connectivity index is 2.25. The Hall–Kier alpha value is -2.06. The molecular weight excluding hydrogens is 605 g/mol. The van der Waals surface area contributed by atoms with E-state index in [1.807, 2.05) is 57.2 Å². The summed E-state index contributed by atoms with van der Waals surface area (Å²) in [6, 6.07) is 20.3. The molecule has 0 aliphatic heterocycles. The maximum Gasteiger partial charge on any atom is 0.210 e. The van der Waals surface area contributed by atoms with Crippen molar-refractivity contribution >= 4 is 22.4 Å². The quantitative estimate of drug-likeness (QED) is 0.0773. The van der Waals surface area contributed by atoms with Crippen molar-refractivity contribution in [3.8, 4) is 11.8 Å². The number of Topliss-reactive ketones (excluding diaryl/α,β-unsaturated/α-hetero) is 1. The maximum absolute atomic E-state index is 13.7. The topological polar surface area (TPSA) is 54.0 Å². The van der Waals surface area contributed by atoms with Crippen LogP contribution in [0.5, 0.6) is 0 Å². The number of ether oxygens (including phenoxy) is 2. The van der Waals surface area contributed by atoms with Crippen LogP contribution in [0, 0.1) is 23.2 Å². The van der Waals surface area contributed by atoms with E-state index < -0.39 is 28.0 Å². The van der Waals surface area contributed by atoms with Gasteiger partial charge < -0.3 is 18.3 Å². The molecule has 0 fully saturated rings. The minimum atomic E-state index is -2.15. The second-order valence-corrected chi connectivity index (χ2v) is 25.8. The van der Waals surface area contributed by atoms with Gasteiger partial charge in [0, 0.05) is 6.61 Å². The fraction of sp³-hybridized carbons (Fsp3) is 0.615. The Morgan fingerprint density at radius 1 is 0.761 bits per heavy atom. The molecule has 7 heteroatoms. The van der Waals surface area contributed by atoms with Gasteiger partial charge in [0.1, 0.15) is 0 Å². The molecule has 0 aliphatic carbocycles. The van der Waals surface area contributed by atoms with Gasteiger partial charge in [0.15, 0.2) is 16.6 Å². The number of hydrogen-bond acceptors (Lipinski definition) is 5. The predicted octanol–water partition coefficient (Wildman–Crippen LogP) is 9.83. The minimum Gasteiger partial charge on any atom is -0.414 e. The SMILES string of the molecule is C[C@H](C(=O)C#CC(C)(C)[C@H](CO[Si](C)(C)C(C)(C)C)OCc1ccccc1)[C@@H](CCOCc1ccccc1)O[Si](C)(C)C(C)(C)C. The lowest BCUT2D eigenvalue weighted by Gasteiger charge is -2.40. The Morgan fingerprint density at radius 2 is 1.26 bits per heavy atom. The van der Waals surface area contributed by atoms with Crippen molar-refractivity contribution in [1.82, 2.24) is 0 Å². The van der Waals surface area contributed by atoms with Gasteiger partial charge in [-0.3, -0.25) is 4.79 Å². The molecule has 2 aromatic carbocycles. The fourth-order valence-corrected chi connectivity index (χ4v) is 6.69. The number of hydrogen-bond donors (Lipinski definition) is 0. The van der Waals surface area contributed by atoms with E-state index in [0.29, 0.717) is 32.8 Å². The van der Waals surface area contributed by atoms with E-state index >= 15 is 0 Å². The van der Waals surface area contributed by atoms with Crippen LogP contribution in [0.25, 0.3) is 0 Å². The summed E-state index contributed by atoms with van der Waals surface area (Å²) < 4.78 is 26.0. The van der Waals surface area contributed by atoms with Gasteiger partial charge >= 0.3 is 0 Å². The first kappa shape index (κ1) is 40.1. The van der Waals surface area contributed by atoms with E-state index in [9.17, 15) is 4.79 Å². The lowest BCUT2D eigenvalue weighted by Crippen LogP contribution is -2.47. The van der Waals surface area contributed by atoms with Crippen molar-refractivity contribution in [2.45, 2.75) is 130 Å². The molecular formula is C39H62O5Si2. The fourth-order valence-electron chi connectivity index (χ4n) is 4.25. The second-order valence-electron chi connectivity index (χ2n) is 16.2. The van der Waals surface area contributed by atoms with Gasteiger partial charge in [-0.1, -0.05) is 115 Å². The van der Waals surface area contributed by atoms with E-state index in [4.69, 9.17) is 18.3 Å². The summed E-state index contributed by atoms with van der Waals surface area (Å²) in [4.78, 5) is 13.7. The average molecular weight is 667 g/mol. The van der Waals surface area contributed by atoms with Gasteiger partial charge in [0.25, 0.3) is 0 Å². The molecule has 0 heterocycles. The van der Waals surface area contributed by atoms with Crippen LogP contribution in [-0.4, -0.2) is 47.8 Å². The van der Waals surface area contributed by atoms with E-state index in [-0.39, 0.29) is 28.1 Å². The van der Waals surface area contributed by atoms with Gasteiger partial charge in [-0.2, -0.15) is 0 Å². The normalized spacial score (nSPS) is 15.1. The van der Waals surface area contributed by atoms with Crippen molar-refractivity contribution in [3.63, 3.8) is 0 Å². The summed E-state index contributed by atoms with van der Waals surface area (Å²) in [6.07, 6.45) is 0.0252. The first-order valence-corrected chi connectivity index (χ1v) is 22.6. The highest BCUT2D eigenvalue weighted by Crippen LogP contribution is 2.39. The Kier molecular flexibility index (Phi) is 14.7. The van der Waals surface area contributed by atoms with Crippen molar-refractivity contribution in [1.29, 1.82) is 0 Å². The van der Waals surface area contributed by atoms with Crippen LogP contribution in [0.4, 0.5) is 0 Å². The lowest BCUT2D eigenvalue weighted by atomic mass is 9.86. The predicted molar refractivity (Wildman–Crippen MR) is 197 cm³/mol. The summed E-state index contributed by atoms with van der Waals surface area (Å²) in [5.41, 5.74) is 1.60. The molecule has 0 aliphatic rings. The second kappa shape index (κ2) is 16.9. The van der Waals surface area contributed by atoms with Crippen LogP contribution in [-0.2, 0) is 36.3 Å². The molecule has 0 saturated carbocycles. The van der Waals surface area contributed by atoms with Crippen LogP contribution in [0.1, 0.15) is 79.9 Å². The lowest BCUT2D eigenvalue weighted by molar-refractivity contribution is -0.120. The summed E-state index contributed by atoms with van der Waals surface area (Å²) >= 11 is 0. The third-order valence-corrected chi connectivity index (χ3v) is 18.9. The van der Waals surface area contributed by atoms with Crippen molar-refractivity contribution < 1.29 is 23.1 Å². The molecule has 46 heavy (non-hydrogen) atoms. The summed E-state index contributed by atoms with van der Waals surface area (Å²) in [6.45, 7) is 30.3. The van der Waals surface area contributed by atoms with Crippen molar-refractivity contribution in [3.05, 3.63) is 71.8 Å². The Morgan fingerprint density at radius 3 is 1.76 bits per heavy atom. The molecule has 5 nitrogen and oxygen atoms in total. The number of carbonyl (C=O) groups excluding carboxylic acids is 1. The van der Waals surface area contributed by atoms with Gasteiger partial charge in [-0.05, 0) is 73.6 Å². The summed E-state index contributed by atoms with van der Waals surface area (Å²) in [5, 5.41) is 0.0855. The zero-order chi connectivity index (χ0) is 34.8. The van der Waals surface area contributed by atoms with Crippen LogP contribution < -0.4 is 0 Å². The highest BCUT2D eigenvalue weighted by molar-refractivity contribution is 6.74. The number of carbonyl (C=O) groups is 1. The molecule has 256 valence electrons. The molecule has 0 amide bonds. The minimum absolute atomic E-state index is 0.0139. The van der Waals surface area contributed by atoms with Gasteiger partial charge in [0.2, 0.25) is 5.78 Å². The molecule has 2 rings (SSSR count). The van der Waals surface area contributed by atoms with Crippen molar-refractivity contribution in [2.24, 2.45) is 11.3 Å². The first-order chi connectivity index (χ1) is 21.2. The van der Waals surface area contributed by atoms with E-state index in [2.05, 4.69) is 104 Å². The van der Waals surface area contributed by atoms with E-state index in [0.717, 1.165) is 11.1 Å². The molecule has 2 aromatic rings. The third-order valence-electron chi connectivity index (χ3n) is 9.89. The standard InChI is InChI=1S/C39H62O5Si2/c1-31(35(44-46(12,13)38(5,6)7)25-27-41-28-32-20-16-14-17-21-32)34(40)24-26-39(8,9)36(30-43-45(10,11)37(2,3)4)42-29-33-22-18-15-19-23-33/h14-23,31,35-36H,25,27-30H2,1-13H3/t31-,35-,36+/m1/s1. The van der Waals surface area contributed by atoms with Crippen LogP contribution in [0.3, 0.4) is 0 Å². The van der Waals surface area contributed by atoms with Crippen LogP contribution in [0.15, 0.2) is 60.7 Å². The highest BCUT2D eigenvalue weighted by Gasteiger charge is 2.42. The van der Waals surface area contributed by atoms with Crippen molar-refractivity contribution in [2.75, 3.05) is 13.2 Å². The average Bonchev–Trinajstić information content (AvgIpc) is 2.96. The van der Waals surface area contributed by atoms with E-state index in [1.165, 1.54) is 0 Å². The summed E-state index contributed by atoms with van der Waals surface area (Å²) in [5.74, 6) is 5.84. The molecule has 0 unspecified atom stereocenters. The molecule has 0 bridgehead atoms. The number of ketones is 1. The monoisotopic (exact) mass is 666 g/mol. The zero-order valence-corrected chi connectivity index (χ0v) is 33.1. The largest absolute Gasteiger partial charge is 0.414 e. The Bertz CT molecular complexity index is 1260. The molecule has 0 aromatic heterocycles. The Labute approximate surface area is 283 Å². The number of rotatable bonds is 16. The van der Waals surface area contributed by atoms with Gasteiger partial charge in [-0.25, -0.2) is 0 Å².